The molecule has 0 spiro atoms. The maximum absolute atomic E-state index is 5.77. The normalized spacial score (nSPS) is 23.1. The molecule has 2 aliphatic rings. The lowest BCUT2D eigenvalue weighted by Crippen LogP contribution is -2.47. The number of halogens is 2. The van der Waals surface area contributed by atoms with Crippen LogP contribution in [0.3, 0.4) is 0 Å². The summed E-state index contributed by atoms with van der Waals surface area (Å²) in [7, 11) is 0. The van der Waals surface area contributed by atoms with Gasteiger partial charge in [-0.3, -0.25) is 0 Å². The molecule has 0 atom stereocenters. The van der Waals surface area contributed by atoms with Gasteiger partial charge in [-0.15, -0.1) is 0 Å². The van der Waals surface area contributed by atoms with Crippen LogP contribution in [0.1, 0.15) is 12.8 Å². The number of ether oxygens (including phenoxy) is 4. The van der Waals surface area contributed by atoms with Crippen LogP contribution in [0, 0.1) is 10.8 Å². The van der Waals surface area contributed by atoms with Gasteiger partial charge in [-0.2, -0.15) is 0 Å². The molecule has 6 heteroatoms. The Morgan fingerprint density at radius 2 is 1.15 bits per heavy atom. The van der Waals surface area contributed by atoms with E-state index in [-0.39, 0.29) is 0 Å². The molecule has 4 nitrogen and oxygen atoms in total. The van der Waals surface area contributed by atoms with Crippen LogP contribution in [0.2, 0.25) is 0 Å². The van der Waals surface area contributed by atoms with Crippen molar-refractivity contribution in [1.29, 1.82) is 0 Å². The van der Waals surface area contributed by atoms with Crippen LogP contribution >= 0.6 is 45.2 Å². The lowest BCUT2D eigenvalue weighted by atomic mass is 9.90. The van der Waals surface area contributed by atoms with Crippen LogP contribution in [0.5, 0.6) is 0 Å². The molecule has 0 amide bonds. The fourth-order valence-electron chi connectivity index (χ4n) is 2.17. The first kappa shape index (κ1) is 17.7. The average Bonchev–Trinajstić information content (AvgIpc) is 2.38. The van der Waals surface area contributed by atoms with Crippen LogP contribution in [0.25, 0.3) is 0 Å². The highest BCUT2D eigenvalue weighted by atomic mass is 127. The second-order valence-electron chi connectivity index (χ2n) is 6.07. The van der Waals surface area contributed by atoms with Crippen LogP contribution in [-0.2, 0) is 18.9 Å². The Morgan fingerprint density at radius 3 is 1.40 bits per heavy atom. The van der Waals surface area contributed by atoms with E-state index in [0.717, 1.165) is 74.6 Å². The third-order valence-corrected chi connectivity index (χ3v) is 7.08. The largest absolute Gasteiger partial charge is 0.381 e. The number of hydrogen-bond donors (Lipinski definition) is 0. The van der Waals surface area contributed by atoms with Crippen molar-refractivity contribution < 1.29 is 18.9 Å². The number of hydrogen-bond acceptors (Lipinski definition) is 4. The molecule has 2 rings (SSSR count). The topological polar surface area (TPSA) is 36.9 Å². The minimum absolute atomic E-state index is 0.300. The third kappa shape index (κ3) is 4.91. The zero-order valence-corrected chi connectivity index (χ0v) is 16.2. The van der Waals surface area contributed by atoms with E-state index in [1.54, 1.807) is 0 Å². The molecule has 0 aliphatic carbocycles. The summed E-state index contributed by atoms with van der Waals surface area (Å²) in [6.07, 6.45) is 2.15. The van der Waals surface area contributed by atoms with Crippen molar-refractivity contribution >= 4 is 45.2 Å². The van der Waals surface area contributed by atoms with Crippen molar-refractivity contribution in [3.8, 4) is 0 Å². The maximum atomic E-state index is 5.77. The van der Waals surface area contributed by atoms with Gasteiger partial charge >= 0.3 is 0 Å². The van der Waals surface area contributed by atoms with Crippen molar-refractivity contribution in [2.75, 3.05) is 61.7 Å². The van der Waals surface area contributed by atoms with Crippen LogP contribution < -0.4 is 0 Å². The van der Waals surface area contributed by atoms with Gasteiger partial charge in [0.25, 0.3) is 0 Å². The average molecular weight is 510 g/mol. The fourth-order valence-corrected chi connectivity index (χ4v) is 3.49. The van der Waals surface area contributed by atoms with Crippen LogP contribution in [0.4, 0.5) is 0 Å². The van der Waals surface area contributed by atoms with Gasteiger partial charge in [-0.1, -0.05) is 45.2 Å². The first-order valence-corrected chi connectivity index (χ1v) is 10.2. The molecule has 20 heavy (non-hydrogen) atoms. The summed E-state index contributed by atoms with van der Waals surface area (Å²) in [4.78, 5) is 0. The number of unbranched alkanes of at least 4 members (excludes halogenated alkanes) is 1. The van der Waals surface area contributed by atoms with Gasteiger partial charge in [0.05, 0.1) is 39.6 Å². The van der Waals surface area contributed by atoms with E-state index >= 15 is 0 Å². The van der Waals surface area contributed by atoms with Crippen LogP contribution in [-0.4, -0.2) is 61.7 Å². The Kier molecular flexibility index (Phi) is 7.77. The standard InChI is InChI=1S/C14H24I2O4/c15-5-13(9-19-10-13)7-17-3-1-2-4-18-8-14(6-16)11-20-12-14/h1-12H2. The van der Waals surface area contributed by atoms with E-state index in [4.69, 9.17) is 18.9 Å². The predicted octanol–water partition coefficient (Wildman–Crippen LogP) is 2.70. The van der Waals surface area contributed by atoms with E-state index in [0.29, 0.717) is 10.8 Å². The predicted molar refractivity (Wildman–Crippen MR) is 95.2 cm³/mol. The molecule has 0 aromatic heterocycles. The van der Waals surface area contributed by atoms with Gasteiger partial charge in [0.1, 0.15) is 0 Å². The SMILES string of the molecule is ICC1(COCCCCOCC2(CI)COC2)COC1. The molecule has 0 unspecified atom stereocenters. The molecule has 0 aromatic carbocycles. The molecular formula is C14H24I2O4. The highest BCUT2D eigenvalue weighted by molar-refractivity contribution is 14.1. The third-order valence-electron chi connectivity index (χ3n) is 3.84. The molecule has 0 radical (unpaired) electrons. The summed E-state index contributed by atoms with van der Waals surface area (Å²) in [5.74, 6) is 0. The van der Waals surface area contributed by atoms with E-state index in [9.17, 15) is 0 Å². The Hall–Kier alpha value is 1.30. The van der Waals surface area contributed by atoms with Crippen LogP contribution in [0.15, 0.2) is 0 Å². The van der Waals surface area contributed by atoms with Crippen molar-refractivity contribution in [3.63, 3.8) is 0 Å². The molecule has 0 bridgehead atoms. The maximum Gasteiger partial charge on any atom is 0.0574 e. The Balaban J connectivity index is 1.40. The summed E-state index contributed by atoms with van der Waals surface area (Å²) >= 11 is 4.85. The molecule has 0 N–H and O–H groups in total. The van der Waals surface area contributed by atoms with Gasteiger partial charge in [-0.25, -0.2) is 0 Å². The summed E-state index contributed by atoms with van der Waals surface area (Å²) in [6.45, 7) is 6.79. The fraction of sp³-hybridized carbons (Fsp3) is 1.00. The van der Waals surface area contributed by atoms with Crippen molar-refractivity contribution in [3.05, 3.63) is 0 Å². The zero-order chi connectivity index (χ0) is 14.3. The summed E-state index contributed by atoms with van der Waals surface area (Å²) in [5, 5.41) is 0. The molecule has 118 valence electrons. The molecule has 0 saturated carbocycles. The lowest BCUT2D eigenvalue weighted by molar-refractivity contribution is -0.136. The number of rotatable bonds is 11. The molecule has 2 aliphatic heterocycles. The molecule has 0 aromatic rings. The minimum atomic E-state index is 0.300. The first-order valence-electron chi connectivity index (χ1n) is 7.17. The molecular weight excluding hydrogens is 486 g/mol. The Bertz CT molecular complexity index is 241. The molecule has 2 fully saturated rings. The van der Waals surface area contributed by atoms with Gasteiger partial charge in [0.2, 0.25) is 0 Å². The molecule has 2 saturated heterocycles. The van der Waals surface area contributed by atoms with E-state index in [2.05, 4.69) is 45.2 Å². The van der Waals surface area contributed by atoms with E-state index in [1.807, 2.05) is 0 Å². The molecule has 2 heterocycles. The summed E-state index contributed by atoms with van der Waals surface area (Å²) in [6, 6.07) is 0. The Morgan fingerprint density at radius 1 is 0.750 bits per heavy atom. The van der Waals surface area contributed by atoms with Crippen molar-refractivity contribution in [1.82, 2.24) is 0 Å². The van der Waals surface area contributed by atoms with Crippen molar-refractivity contribution in [2.24, 2.45) is 10.8 Å². The quantitative estimate of drug-likeness (QED) is 0.244. The Labute approximate surface area is 148 Å². The smallest absolute Gasteiger partial charge is 0.0574 e. The summed E-state index contributed by atoms with van der Waals surface area (Å²) < 4.78 is 24.3. The van der Waals surface area contributed by atoms with Gasteiger partial charge in [-0.05, 0) is 12.8 Å². The van der Waals surface area contributed by atoms with Crippen molar-refractivity contribution in [2.45, 2.75) is 12.8 Å². The highest BCUT2D eigenvalue weighted by Gasteiger charge is 2.38. The second kappa shape index (κ2) is 8.81. The van der Waals surface area contributed by atoms with Gasteiger partial charge in [0.15, 0.2) is 0 Å². The van der Waals surface area contributed by atoms with Gasteiger partial charge < -0.3 is 18.9 Å². The van der Waals surface area contributed by atoms with Gasteiger partial charge in [0, 0.05) is 32.9 Å². The summed E-state index contributed by atoms with van der Waals surface area (Å²) in [5.41, 5.74) is 0.599. The monoisotopic (exact) mass is 510 g/mol. The van der Waals surface area contributed by atoms with E-state index < -0.39 is 0 Å². The lowest BCUT2D eigenvalue weighted by Gasteiger charge is -2.39. The second-order valence-corrected chi connectivity index (χ2v) is 7.59. The highest BCUT2D eigenvalue weighted by Crippen LogP contribution is 2.31. The minimum Gasteiger partial charge on any atom is -0.381 e. The number of alkyl halides is 2. The first-order chi connectivity index (χ1) is 9.74. The zero-order valence-electron chi connectivity index (χ0n) is 11.9. The van der Waals surface area contributed by atoms with E-state index in [1.165, 1.54) is 0 Å².